The summed E-state index contributed by atoms with van der Waals surface area (Å²) in [7, 11) is 6.24. The molecule has 1 atom stereocenters. The SMILES string of the molecule is CN(c1ccc(N)cc1)c1ccc2c(c1)c1cc(N(C)c3ccc(C(O)Nc4ccc(N)cc4)cc3)ccc1n2C. The first-order chi connectivity index (χ1) is 19.8. The topological polar surface area (TPSA) is 95.7 Å². The highest BCUT2D eigenvalue weighted by Gasteiger charge is 2.14. The minimum Gasteiger partial charge on any atom is -0.399 e. The van der Waals surface area contributed by atoms with Crippen LogP contribution in [0.4, 0.5) is 39.8 Å². The Morgan fingerprint density at radius 2 is 1.02 bits per heavy atom. The molecular weight excluding hydrogens is 508 g/mol. The zero-order valence-electron chi connectivity index (χ0n) is 23.4. The number of hydrogen-bond acceptors (Lipinski definition) is 6. The van der Waals surface area contributed by atoms with Crippen LogP contribution in [0.3, 0.4) is 0 Å². The Morgan fingerprint density at radius 1 is 0.610 bits per heavy atom. The highest BCUT2D eigenvalue weighted by atomic mass is 16.3. The van der Waals surface area contributed by atoms with Gasteiger partial charge in [0.25, 0.3) is 0 Å². The first-order valence-corrected chi connectivity index (χ1v) is 13.5. The third kappa shape index (κ3) is 4.99. The molecule has 0 aliphatic rings. The van der Waals surface area contributed by atoms with Crippen LogP contribution in [-0.2, 0) is 7.05 Å². The van der Waals surface area contributed by atoms with Gasteiger partial charge in [0.05, 0.1) is 0 Å². The molecule has 1 unspecified atom stereocenters. The predicted octanol–water partition coefficient (Wildman–Crippen LogP) is 7.13. The van der Waals surface area contributed by atoms with Gasteiger partial charge in [-0.05, 0) is 97.1 Å². The van der Waals surface area contributed by atoms with Gasteiger partial charge in [0.15, 0.2) is 6.23 Å². The highest BCUT2D eigenvalue weighted by molar-refractivity contribution is 6.10. The van der Waals surface area contributed by atoms with E-state index in [4.69, 9.17) is 11.5 Å². The van der Waals surface area contributed by atoms with Crippen molar-refractivity contribution in [3.63, 3.8) is 0 Å². The molecule has 1 aromatic heterocycles. The largest absolute Gasteiger partial charge is 0.399 e. The number of rotatable bonds is 7. The Balaban J connectivity index is 1.28. The number of anilines is 7. The maximum absolute atomic E-state index is 10.7. The van der Waals surface area contributed by atoms with E-state index in [1.165, 1.54) is 21.8 Å². The van der Waals surface area contributed by atoms with E-state index in [1.54, 1.807) is 12.1 Å². The third-order valence-corrected chi connectivity index (χ3v) is 7.84. The summed E-state index contributed by atoms with van der Waals surface area (Å²) in [6, 6.07) is 36.3. The molecule has 0 spiro atoms. The van der Waals surface area contributed by atoms with Gasteiger partial charge >= 0.3 is 0 Å². The number of aliphatic hydroxyl groups is 1. The van der Waals surface area contributed by atoms with Gasteiger partial charge in [-0.3, -0.25) is 0 Å². The van der Waals surface area contributed by atoms with Gasteiger partial charge < -0.3 is 36.3 Å². The molecule has 6 N–H and O–H groups in total. The van der Waals surface area contributed by atoms with Crippen LogP contribution in [0, 0.1) is 0 Å². The molecule has 0 saturated carbocycles. The van der Waals surface area contributed by atoms with Crippen LogP contribution >= 0.6 is 0 Å². The molecule has 1 heterocycles. The Kier molecular flexibility index (Phi) is 6.65. The van der Waals surface area contributed by atoms with Crippen LogP contribution in [-0.4, -0.2) is 23.8 Å². The molecule has 0 bridgehead atoms. The van der Waals surface area contributed by atoms with Crippen molar-refractivity contribution in [1.29, 1.82) is 0 Å². The van der Waals surface area contributed by atoms with Crippen molar-refractivity contribution in [3.05, 3.63) is 115 Å². The third-order valence-electron chi connectivity index (χ3n) is 7.84. The number of nitrogen functional groups attached to an aromatic ring is 2. The molecule has 0 radical (unpaired) electrons. The van der Waals surface area contributed by atoms with Gasteiger partial charge in [0.2, 0.25) is 0 Å². The Morgan fingerprint density at radius 3 is 1.51 bits per heavy atom. The summed E-state index contributed by atoms with van der Waals surface area (Å²) in [5.74, 6) is 0. The molecule has 5 aromatic carbocycles. The molecular formula is C34H34N6O. The van der Waals surface area contributed by atoms with E-state index in [2.05, 4.69) is 77.2 Å². The van der Waals surface area contributed by atoms with E-state index < -0.39 is 6.23 Å². The summed E-state index contributed by atoms with van der Waals surface area (Å²) >= 11 is 0. The first kappa shape index (κ1) is 26.1. The second kappa shape index (κ2) is 10.4. The van der Waals surface area contributed by atoms with Crippen molar-refractivity contribution in [3.8, 4) is 0 Å². The van der Waals surface area contributed by atoms with E-state index in [-0.39, 0.29) is 0 Å². The number of nitrogens with zero attached hydrogens (tertiary/aromatic N) is 3. The van der Waals surface area contributed by atoms with Gasteiger partial charge in [0.1, 0.15) is 0 Å². The number of nitrogens with one attached hydrogen (secondary N) is 1. The van der Waals surface area contributed by atoms with Gasteiger partial charge in [-0.25, -0.2) is 0 Å². The van der Waals surface area contributed by atoms with Crippen molar-refractivity contribution in [2.45, 2.75) is 6.23 Å². The molecule has 7 nitrogen and oxygen atoms in total. The van der Waals surface area contributed by atoms with E-state index in [0.717, 1.165) is 39.7 Å². The number of aliphatic hydroxyl groups excluding tert-OH is 1. The number of fused-ring (bicyclic) bond motifs is 3. The Bertz CT molecular complexity index is 1830. The number of benzene rings is 5. The van der Waals surface area contributed by atoms with Crippen molar-refractivity contribution in [2.24, 2.45) is 7.05 Å². The average Bonchev–Trinajstić information content (AvgIpc) is 3.28. The normalized spacial score (nSPS) is 12.0. The summed E-state index contributed by atoms with van der Waals surface area (Å²) in [5.41, 5.74) is 21.3. The fraction of sp³-hybridized carbons (Fsp3) is 0.118. The number of nitrogens with two attached hydrogens (primary N) is 2. The molecule has 6 aromatic rings. The minimum atomic E-state index is -0.828. The molecule has 41 heavy (non-hydrogen) atoms. The summed E-state index contributed by atoms with van der Waals surface area (Å²) < 4.78 is 2.24. The van der Waals surface area contributed by atoms with Crippen LogP contribution < -0.4 is 26.6 Å². The second-order valence-electron chi connectivity index (χ2n) is 10.4. The van der Waals surface area contributed by atoms with Crippen LogP contribution in [0.25, 0.3) is 21.8 Å². The lowest BCUT2D eigenvalue weighted by atomic mass is 10.1. The number of aryl methyl sites for hydroxylation is 1. The fourth-order valence-electron chi connectivity index (χ4n) is 5.31. The maximum atomic E-state index is 10.7. The van der Waals surface area contributed by atoms with Crippen molar-refractivity contribution in [2.75, 3.05) is 40.7 Å². The van der Waals surface area contributed by atoms with Gasteiger partial charge in [-0.1, -0.05) is 12.1 Å². The van der Waals surface area contributed by atoms with E-state index >= 15 is 0 Å². The zero-order valence-corrected chi connectivity index (χ0v) is 23.4. The molecule has 0 amide bonds. The number of aromatic nitrogens is 1. The molecule has 6 rings (SSSR count). The minimum absolute atomic E-state index is 0.685. The van der Waals surface area contributed by atoms with Crippen LogP contribution in [0.15, 0.2) is 109 Å². The lowest BCUT2D eigenvalue weighted by Crippen LogP contribution is -2.12. The van der Waals surface area contributed by atoms with Crippen molar-refractivity contribution >= 4 is 61.6 Å². The zero-order chi connectivity index (χ0) is 28.7. The average molecular weight is 543 g/mol. The van der Waals surface area contributed by atoms with Crippen LogP contribution in [0.2, 0.25) is 0 Å². The molecule has 0 fully saturated rings. The second-order valence-corrected chi connectivity index (χ2v) is 10.4. The number of hydrogen-bond donors (Lipinski definition) is 4. The molecule has 7 heteroatoms. The van der Waals surface area contributed by atoms with Crippen molar-refractivity contribution < 1.29 is 5.11 Å². The maximum Gasteiger partial charge on any atom is 0.150 e. The van der Waals surface area contributed by atoms with Gasteiger partial charge in [-0.15, -0.1) is 0 Å². The van der Waals surface area contributed by atoms with Crippen LogP contribution in [0.5, 0.6) is 0 Å². The highest BCUT2D eigenvalue weighted by Crippen LogP contribution is 2.36. The van der Waals surface area contributed by atoms with Gasteiger partial charge in [0, 0.05) is 88.3 Å². The predicted molar refractivity (Wildman–Crippen MR) is 173 cm³/mol. The molecule has 0 saturated heterocycles. The van der Waals surface area contributed by atoms with E-state index in [0.29, 0.717) is 5.69 Å². The Hall–Kier alpha value is -5.14. The quantitative estimate of drug-likeness (QED) is 0.127. The summed E-state index contributed by atoms with van der Waals surface area (Å²) in [6.07, 6.45) is -0.828. The summed E-state index contributed by atoms with van der Waals surface area (Å²) in [5, 5.41) is 16.2. The van der Waals surface area contributed by atoms with E-state index in [1.807, 2.05) is 60.7 Å². The molecule has 206 valence electrons. The lowest BCUT2D eigenvalue weighted by Gasteiger charge is -2.21. The van der Waals surface area contributed by atoms with Gasteiger partial charge in [-0.2, -0.15) is 0 Å². The van der Waals surface area contributed by atoms with E-state index in [9.17, 15) is 5.11 Å². The monoisotopic (exact) mass is 542 g/mol. The smallest absolute Gasteiger partial charge is 0.150 e. The lowest BCUT2D eigenvalue weighted by molar-refractivity contribution is 0.208. The van der Waals surface area contributed by atoms with Crippen LogP contribution in [0.1, 0.15) is 11.8 Å². The first-order valence-electron chi connectivity index (χ1n) is 13.5. The standard InChI is InChI=1S/C34H34N6O/c1-38(26-12-4-22(5-13-26)34(41)37-25-10-6-23(35)7-11-25)28-16-18-32-30(20-28)31-21-29(17-19-33(31)40(32)3)39(2)27-14-8-24(36)9-15-27/h4-21,34,37,41H,35-36H2,1-3H3. The fourth-order valence-corrected chi connectivity index (χ4v) is 5.31. The molecule has 0 aliphatic carbocycles. The molecule has 0 aliphatic heterocycles. The van der Waals surface area contributed by atoms with Crippen molar-refractivity contribution in [1.82, 2.24) is 4.57 Å². The Labute approximate surface area is 239 Å². The summed E-state index contributed by atoms with van der Waals surface area (Å²) in [4.78, 5) is 4.33. The summed E-state index contributed by atoms with van der Waals surface area (Å²) in [6.45, 7) is 0.